The summed E-state index contributed by atoms with van der Waals surface area (Å²) >= 11 is -11.9. The SMILES string of the molecule is N=c1ccc2c(-c3ccccc3C(=O)O)c3ccc(N)c([As](=O)([O-])O)c3oc-2c1[As](=O)(O)O. The maximum absolute atomic E-state index is 12.3. The van der Waals surface area contributed by atoms with Crippen LogP contribution < -0.4 is 23.9 Å². The monoisotopic (exact) mass is 577 g/mol. The number of aromatic carboxylic acids is 1. The van der Waals surface area contributed by atoms with Gasteiger partial charge in [0.1, 0.15) is 0 Å². The first kappa shape index (κ1) is 23.1. The number of hydrogen-bond donors (Lipinski definition) is 6. The predicted molar refractivity (Wildman–Crippen MR) is 114 cm³/mol. The Labute approximate surface area is 190 Å². The minimum atomic E-state index is -6.02. The molecule has 1 aliphatic carbocycles. The van der Waals surface area contributed by atoms with Crippen LogP contribution >= 0.6 is 0 Å². The first-order valence-corrected chi connectivity index (χ1v) is 15.8. The van der Waals surface area contributed by atoms with E-state index in [4.69, 9.17) is 15.6 Å². The van der Waals surface area contributed by atoms with Crippen LogP contribution in [0.2, 0.25) is 0 Å². The predicted octanol–water partition coefficient (Wildman–Crippen LogP) is -1.55. The molecule has 0 radical (unpaired) electrons. The van der Waals surface area contributed by atoms with Gasteiger partial charge in [0.2, 0.25) is 0 Å². The second-order valence-electron chi connectivity index (χ2n) is 7.11. The maximum atomic E-state index is 12.3. The molecule has 1 atom stereocenters. The molecule has 1 aliphatic heterocycles. The molecule has 170 valence electrons. The molecule has 0 spiro atoms. The van der Waals surface area contributed by atoms with Crippen molar-refractivity contribution in [2.45, 2.75) is 0 Å². The van der Waals surface area contributed by atoms with Gasteiger partial charge in [-0.3, -0.25) is 0 Å². The van der Waals surface area contributed by atoms with Gasteiger partial charge in [-0.05, 0) is 0 Å². The Bertz CT molecular complexity index is 1580. The normalized spacial score (nSPS) is 13.8. The van der Waals surface area contributed by atoms with Crippen LogP contribution in [0.25, 0.3) is 33.4 Å². The van der Waals surface area contributed by atoms with Crippen molar-refractivity contribution in [3.8, 4) is 22.5 Å². The van der Waals surface area contributed by atoms with E-state index >= 15 is 0 Å². The number of carboxylic acids is 1. The number of anilines is 1. The zero-order valence-corrected chi connectivity index (χ0v) is 20.2. The molecule has 13 heteroatoms. The fourth-order valence-electron chi connectivity index (χ4n) is 3.76. The van der Waals surface area contributed by atoms with Crippen molar-refractivity contribution in [1.82, 2.24) is 0 Å². The van der Waals surface area contributed by atoms with Crippen LogP contribution in [0.15, 0.2) is 52.9 Å². The van der Waals surface area contributed by atoms with Gasteiger partial charge in [0.25, 0.3) is 0 Å². The molecule has 7 N–H and O–H groups in total. The van der Waals surface area contributed by atoms with E-state index in [0.717, 1.165) is 6.07 Å². The van der Waals surface area contributed by atoms with Gasteiger partial charge in [-0.15, -0.1) is 0 Å². The molecule has 33 heavy (non-hydrogen) atoms. The van der Waals surface area contributed by atoms with Crippen molar-refractivity contribution in [1.29, 1.82) is 5.41 Å². The van der Waals surface area contributed by atoms with Crippen molar-refractivity contribution >= 4 is 59.7 Å². The summed E-state index contributed by atoms with van der Waals surface area (Å²) < 4.78 is 70.5. The van der Waals surface area contributed by atoms with E-state index in [-0.39, 0.29) is 33.3 Å². The first-order valence-electron chi connectivity index (χ1n) is 9.12. The summed E-state index contributed by atoms with van der Waals surface area (Å²) in [6, 6.07) is 10.7. The zero-order valence-electron chi connectivity index (χ0n) is 16.4. The van der Waals surface area contributed by atoms with Crippen molar-refractivity contribution in [2.24, 2.45) is 0 Å². The van der Waals surface area contributed by atoms with Gasteiger partial charge in [0.05, 0.1) is 0 Å². The molecule has 0 saturated heterocycles. The topological polar surface area (TPSA) is 218 Å². The number of nitrogens with one attached hydrogen (secondary N) is 1. The number of carbonyl (C=O) groups is 1. The molecular weight excluding hydrogens is 562 g/mol. The Morgan fingerprint density at radius 3 is 2.24 bits per heavy atom. The van der Waals surface area contributed by atoms with E-state index < -0.39 is 59.7 Å². The molecule has 0 bridgehead atoms. The number of nitrogens with two attached hydrogens (primary N) is 1. The van der Waals surface area contributed by atoms with Crippen LogP contribution in [0.1, 0.15) is 10.4 Å². The molecule has 4 rings (SSSR count). The Morgan fingerprint density at radius 2 is 1.64 bits per heavy atom. The molecule has 11 nitrogen and oxygen atoms in total. The number of rotatable bonds is 4. The number of hydrogen-bond acceptors (Lipinski definition) is 7. The van der Waals surface area contributed by atoms with E-state index in [0.29, 0.717) is 0 Å². The van der Waals surface area contributed by atoms with Crippen molar-refractivity contribution in [3.63, 3.8) is 0 Å². The Morgan fingerprint density at radius 1 is 0.970 bits per heavy atom. The molecule has 0 fully saturated rings. The van der Waals surface area contributed by atoms with Crippen molar-refractivity contribution < 1.29 is 38.2 Å². The average Bonchev–Trinajstić information content (AvgIpc) is 2.69. The van der Waals surface area contributed by atoms with Crippen LogP contribution in [0, 0.1) is 5.41 Å². The van der Waals surface area contributed by atoms with Gasteiger partial charge in [-0.1, -0.05) is 0 Å². The van der Waals surface area contributed by atoms with E-state index in [9.17, 15) is 33.8 Å². The second-order valence-corrected chi connectivity index (χ2v) is 13.5. The first-order chi connectivity index (χ1) is 15.3. The summed E-state index contributed by atoms with van der Waals surface area (Å²) in [4.78, 5) is 11.9. The van der Waals surface area contributed by atoms with Crippen molar-refractivity contribution in [3.05, 3.63) is 59.5 Å². The summed E-state index contributed by atoms with van der Waals surface area (Å²) in [5, 5.41) is 17.2. The Balaban J connectivity index is 2.37. The van der Waals surface area contributed by atoms with Gasteiger partial charge < -0.3 is 0 Å². The van der Waals surface area contributed by atoms with E-state index in [1.54, 1.807) is 0 Å². The van der Waals surface area contributed by atoms with Crippen LogP contribution in [-0.4, -0.2) is 51.7 Å². The summed E-state index contributed by atoms with van der Waals surface area (Å²) in [6.45, 7) is 0. The third kappa shape index (κ3) is 3.85. The molecule has 1 heterocycles. The standard InChI is InChI=1S/C20H16As2N2O9/c23-13-7-5-11-15(9-3-1-2-4-10(9)20(25)26)12-6-8-14(24)17(22(30,31)32)19(12)33-18(11)16(13)21(27,28)29/h1-8,23H,24H2,(H,25,26)(H2,27,28,29)(H2,30,31,32)/p-1. The van der Waals surface area contributed by atoms with E-state index in [2.05, 4.69) is 0 Å². The quantitative estimate of drug-likeness (QED) is 0.0933. The number of nitrogen functional groups attached to an aromatic ring is 1. The Kier molecular flexibility index (Phi) is 5.45. The number of fused-ring (bicyclic) bond motifs is 2. The third-order valence-electron chi connectivity index (χ3n) is 5.04. The summed E-state index contributed by atoms with van der Waals surface area (Å²) in [6.07, 6.45) is 0. The molecule has 0 saturated carbocycles. The summed E-state index contributed by atoms with van der Waals surface area (Å²) in [7, 11) is 0. The van der Waals surface area contributed by atoms with Crippen LogP contribution in [0.5, 0.6) is 0 Å². The van der Waals surface area contributed by atoms with Gasteiger partial charge in [0.15, 0.2) is 0 Å². The van der Waals surface area contributed by atoms with Crippen LogP contribution in [0.4, 0.5) is 5.69 Å². The van der Waals surface area contributed by atoms with Crippen LogP contribution in [-0.2, 0) is 7.48 Å². The minimum absolute atomic E-state index is 0.0358. The van der Waals surface area contributed by atoms with Gasteiger partial charge in [-0.2, -0.15) is 0 Å². The summed E-state index contributed by atoms with van der Waals surface area (Å²) in [5.41, 5.74) is 4.94. The fourth-order valence-corrected chi connectivity index (χ4v) is 7.21. The van der Waals surface area contributed by atoms with Gasteiger partial charge in [-0.25, -0.2) is 0 Å². The molecule has 1 unspecified atom stereocenters. The molecule has 2 aromatic rings. The number of benzene rings is 3. The third-order valence-corrected chi connectivity index (χ3v) is 9.35. The average molecular weight is 577 g/mol. The molecule has 0 amide bonds. The molecule has 0 aromatic heterocycles. The zero-order chi connectivity index (χ0) is 24.3. The van der Waals surface area contributed by atoms with E-state index in [1.807, 2.05) is 0 Å². The fraction of sp³-hybridized carbons (Fsp3) is 0. The number of carboxylic acid groups (broad SMARTS) is 1. The van der Waals surface area contributed by atoms with Crippen molar-refractivity contribution in [2.75, 3.05) is 5.73 Å². The second kappa shape index (κ2) is 7.77. The molecule has 2 aliphatic rings. The van der Waals surface area contributed by atoms with E-state index in [1.165, 1.54) is 42.5 Å². The van der Waals surface area contributed by atoms with Gasteiger partial charge in [0, 0.05) is 0 Å². The Hall–Kier alpha value is -3.04. The molecular formula is C20H15As2N2O9-. The molecule has 2 aromatic carbocycles. The van der Waals surface area contributed by atoms with Crippen LogP contribution in [0.3, 0.4) is 0 Å². The summed E-state index contributed by atoms with van der Waals surface area (Å²) in [5.74, 6) is -1.81. The van der Waals surface area contributed by atoms with Gasteiger partial charge >= 0.3 is 191 Å².